The highest BCUT2D eigenvalue weighted by molar-refractivity contribution is 5.91. The number of carbonyl (C=O) groups is 3. The molecule has 36 heavy (non-hydrogen) atoms. The third kappa shape index (κ3) is 7.46. The SMILES string of the molecule is NC(N)=NCCC[C@H](NC(=O)[C@@H]1Cc2ccccc2CN1C(=O)CCCc1ccc(O)cc1)C(=O)O. The lowest BCUT2D eigenvalue weighted by molar-refractivity contribution is -0.145. The second-order valence-electron chi connectivity index (χ2n) is 8.88. The van der Waals surface area contributed by atoms with Crippen molar-refractivity contribution in [3.8, 4) is 5.75 Å². The molecule has 3 rings (SSSR count). The quantitative estimate of drug-likeness (QED) is 0.177. The van der Waals surface area contributed by atoms with E-state index in [0.717, 1.165) is 16.7 Å². The van der Waals surface area contributed by atoms with E-state index in [1.54, 1.807) is 17.0 Å². The molecule has 1 aliphatic heterocycles. The fourth-order valence-corrected chi connectivity index (χ4v) is 4.30. The number of phenols is 1. The molecule has 0 saturated carbocycles. The third-order valence-corrected chi connectivity index (χ3v) is 6.22. The predicted octanol–water partition coefficient (Wildman–Crippen LogP) is 1.29. The molecule has 1 heterocycles. The highest BCUT2D eigenvalue weighted by Gasteiger charge is 2.35. The number of fused-ring (bicyclic) bond motifs is 1. The van der Waals surface area contributed by atoms with Gasteiger partial charge in [-0.15, -0.1) is 0 Å². The van der Waals surface area contributed by atoms with Crippen molar-refractivity contribution in [2.75, 3.05) is 6.54 Å². The largest absolute Gasteiger partial charge is 0.508 e. The molecule has 0 radical (unpaired) electrons. The maximum atomic E-state index is 13.2. The number of amides is 2. The minimum Gasteiger partial charge on any atom is -0.508 e. The van der Waals surface area contributed by atoms with Gasteiger partial charge in [0.25, 0.3) is 0 Å². The number of aromatic hydroxyl groups is 1. The Morgan fingerprint density at radius 2 is 1.75 bits per heavy atom. The van der Waals surface area contributed by atoms with E-state index in [2.05, 4.69) is 10.3 Å². The molecule has 0 spiro atoms. The number of phenolic OH excluding ortho intramolecular Hbond substituents is 1. The monoisotopic (exact) mass is 495 g/mol. The first-order valence-electron chi connectivity index (χ1n) is 12.0. The van der Waals surface area contributed by atoms with Gasteiger partial charge in [-0.1, -0.05) is 36.4 Å². The number of guanidine groups is 1. The summed E-state index contributed by atoms with van der Waals surface area (Å²) in [4.78, 5) is 43.6. The van der Waals surface area contributed by atoms with Crippen LogP contribution in [-0.2, 0) is 33.8 Å². The van der Waals surface area contributed by atoms with E-state index < -0.39 is 24.0 Å². The Morgan fingerprint density at radius 1 is 1.06 bits per heavy atom. The van der Waals surface area contributed by atoms with Crippen LogP contribution in [0.2, 0.25) is 0 Å². The van der Waals surface area contributed by atoms with Gasteiger partial charge >= 0.3 is 5.97 Å². The molecule has 0 bridgehead atoms. The van der Waals surface area contributed by atoms with Crippen LogP contribution in [-0.4, -0.2) is 57.5 Å². The molecule has 10 nitrogen and oxygen atoms in total. The van der Waals surface area contributed by atoms with Gasteiger partial charge in [0.2, 0.25) is 11.8 Å². The summed E-state index contributed by atoms with van der Waals surface area (Å²) in [6.07, 6.45) is 2.33. The summed E-state index contributed by atoms with van der Waals surface area (Å²) in [5.41, 5.74) is 13.5. The van der Waals surface area contributed by atoms with Crippen molar-refractivity contribution in [2.45, 2.75) is 57.2 Å². The van der Waals surface area contributed by atoms with E-state index in [9.17, 15) is 24.6 Å². The number of hydrogen-bond acceptors (Lipinski definition) is 5. The van der Waals surface area contributed by atoms with Gasteiger partial charge in [-0.2, -0.15) is 0 Å². The molecule has 192 valence electrons. The molecule has 10 heteroatoms. The Bertz CT molecular complexity index is 1100. The lowest BCUT2D eigenvalue weighted by atomic mass is 9.92. The molecule has 0 fully saturated rings. The number of nitrogens with two attached hydrogens (primary N) is 2. The van der Waals surface area contributed by atoms with Crippen molar-refractivity contribution in [1.82, 2.24) is 10.2 Å². The minimum atomic E-state index is -1.16. The van der Waals surface area contributed by atoms with Gasteiger partial charge in [0, 0.05) is 25.9 Å². The maximum absolute atomic E-state index is 13.2. The van der Waals surface area contributed by atoms with Gasteiger partial charge < -0.3 is 31.9 Å². The first kappa shape index (κ1) is 26.5. The molecule has 2 aromatic carbocycles. The molecule has 7 N–H and O–H groups in total. The van der Waals surface area contributed by atoms with Crippen molar-refractivity contribution in [2.24, 2.45) is 16.5 Å². The van der Waals surface area contributed by atoms with Gasteiger partial charge in [-0.05, 0) is 54.5 Å². The summed E-state index contributed by atoms with van der Waals surface area (Å²) in [6, 6.07) is 12.5. The first-order valence-corrected chi connectivity index (χ1v) is 12.0. The Morgan fingerprint density at radius 3 is 2.42 bits per heavy atom. The minimum absolute atomic E-state index is 0.0775. The number of aliphatic carboxylic acids is 1. The van der Waals surface area contributed by atoms with Gasteiger partial charge in [0.1, 0.15) is 17.8 Å². The van der Waals surface area contributed by atoms with Crippen LogP contribution in [0.25, 0.3) is 0 Å². The molecule has 2 amide bonds. The molecule has 2 aromatic rings. The van der Waals surface area contributed by atoms with Crippen molar-refractivity contribution >= 4 is 23.7 Å². The lowest BCUT2D eigenvalue weighted by Crippen LogP contribution is -2.55. The fraction of sp³-hybridized carbons (Fsp3) is 0.385. The van der Waals surface area contributed by atoms with E-state index in [4.69, 9.17) is 11.5 Å². The van der Waals surface area contributed by atoms with E-state index in [0.29, 0.717) is 25.7 Å². The normalized spacial score (nSPS) is 15.4. The number of rotatable bonds is 11. The van der Waals surface area contributed by atoms with Gasteiger partial charge in [-0.25, -0.2) is 4.79 Å². The number of carboxylic acid groups (broad SMARTS) is 1. The molecular weight excluding hydrogens is 462 g/mol. The predicted molar refractivity (Wildman–Crippen MR) is 135 cm³/mol. The highest BCUT2D eigenvalue weighted by Crippen LogP contribution is 2.25. The molecule has 1 aliphatic rings. The van der Waals surface area contributed by atoms with Crippen LogP contribution < -0.4 is 16.8 Å². The molecular formula is C26H33N5O5. The Hall–Kier alpha value is -4.08. The van der Waals surface area contributed by atoms with Crippen molar-refractivity contribution in [1.29, 1.82) is 0 Å². The van der Waals surface area contributed by atoms with E-state index in [1.165, 1.54) is 0 Å². The van der Waals surface area contributed by atoms with Crippen LogP contribution in [0.4, 0.5) is 0 Å². The van der Waals surface area contributed by atoms with Crippen LogP contribution in [0.5, 0.6) is 5.75 Å². The number of nitrogens with zero attached hydrogens (tertiary/aromatic N) is 2. The third-order valence-electron chi connectivity index (χ3n) is 6.22. The smallest absolute Gasteiger partial charge is 0.326 e. The van der Waals surface area contributed by atoms with Crippen LogP contribution in [0, 0.1) is 0 Å². The summed E-state index contributed by atoms with van der Waals surface area (Å²) < 4.78 is 0. The number of benzene rings is 2. The summed E-state index contributed by atoms with van der Waals surface area (Å²) >= 11 is 0. The summed E-state index contributed by atoms with van der Waals surface area (Å²) in [6.45, 7) is 0.541. The highest BCUT2D eigenvalue weighted by atomic mass is 16.4. The average Bonchev–Trinajstić information content (AvgIpc) is 2.85. The second-order valence-corrected chi connectivity index (χ2v) is 8.88. The first-order chi connectivity index (χ1) is 17.2. The van der Waals surface area contributed by atoms with Crippen LogP contribution in [0.15, 0.2) is 53.5 Å². The van der Waals surface area contributed by atoms with Crippen molar-refractivity contribution < 1.29 is 24.6 Å². The Labute approximate surface area is 210 Å². The molecule has 0 aliphatic carbocycles. The van der Waals surface area contributed by atoms with E-state index in [1.807, 2.05) is 36.4 Å². The van der Waals surface area contributed by atoms with Gasteiger partial charge in [0.15, 0.2) is 5.96 Å². The molecule has 0 saturated heterocycles. The number of carboxylic acids is 1. The zero-order valence-electron chi connectivity index (χ0n) is 20.1. The average molecular weight is 496 g/mol. The standard InChI is InChI=1S/C26H33N5O5/c27-26(28)29-14-4-8-21(25(35)36)30-24(34)22-15-18-6-1-2-7-19(18)16-31(22)23(33)9-3-5-17-10-12-20(32)13-11-17/h1-2,6-7,10-13,21-22,32H,3-5,8-9,14-16H2,(H,30,34)(H,35,36)(H4,27,28,29)/t21-,22-/m0/s1. The number of aryl methyl sites for hydroxylation is 1. The fourth-order valence-electron chi connectivity index (χ4n) is 4.30. The zero-order chi connectivity index (χ0) is 26.1. The molecule has 0 aromatic heterocycles. The second kappa shape index (κ2) is 12.6. The Kier molecular flexibility index (Phi) is 9.26. The van der Waals surface area contributed by atoms with Crippen LogP contribution in [0.3, 0.4) is 0 Å². The number of aliphatic imine (C=N–C) groups is 1. The topological polar surface area (TPSA) is 171 Å². The summed E-state index contributed by atoms with van der Waals surface area (Å²) in [7, 11) is 0. The van der Waals surface area contributed by atoms with Crippen molar-refractivity contribution in [3.05, 3.63) is 65.2 Å². The van der Waals surface area contributed by atoms with Crippen LogP contribution in [0.1, 0.15) is 42.4 Å². The maximum Gasteiger partial charge on any atom is 0.326 e. The van der Waals surface area contributed by atoms with Crippen molar-refractivity contribution in [3.63, 3.8) is 0 Å². The van der Waals surface area contributed by atoms with E-state index in [-0.39, 0.29) is 43.5 Å². The lowest BCUT2D eigenvalue weighted by Gasteiger charge is -2.36. The summed E-state index contributed by atoms with van der Waals surface area (Å²) in [5.74, 6) is -1.71. The van der Waals surface area contributed by atoms with E-state index >= 15 is 0 Å². The molecule has 2 atom stereocenters. The van der Waals surface area contributed by atoms with Gasteiger partial charge in [-0.3, -0.25) is 14.6 Å². The summed E-state index contributed by atoms with van der Waals surface area (Å²) in [5, 5.41) is 21.6. The zero-order valence-corrected chi connectivity index (χ0v) is 20.1. The molecule has 0 unspecified atom stereocenters. The number of carbonyl (C=O) groups excluding carboxylic acids is 2. The van der Waals surface area contributed by atoms with Gasteiger partial charge in [0.05, 0.1) is 0 Å². The van der Waals surface area contributed by atoms with Crippen LogP contribution >= 0.6 is 0 Å². The number of hydrogen-bond donors (Lipinski definition) is 5. The number of nitrogens with one attached hydrogen (secondary N) is 1. The Balaban J connectivity index is 1.67.